The van der Waals surface area contributed by atoms with Gasteiger partial charge in [-0.1, -0.05) is 52.5 Å². The molecule has 0 bridgehead atoms. The highest BCUT2D eigenvalue weighted by atomic mass is 35.5. The van der Waals surface area contributed by atoms with Crippen molar-refractivity contribution >= 4 is 46.4 Å². The van der Waals surface area contributed by atoms with Crippen LogP contribution in [0.1, 0.15) is 5.56 Å². The molecule has 6 heteroatoms. The molecule has 1 aromatic carbocycles. The van der Waals surface area contributed by atoms with Crippen molar-refractivity contribution in [3.63, 3.8) is 0 Å². The summed E-state index contributed by atoms with van der Waals surface area (Å²) >= 11 is 24.2. The molecule has 0 atom stereocenters. The zero-order valence-corrected chi connectivity index (χ0v) is 12.4. The fraction of sp³-hybridized carbons (Fsp3) is 0.0769. The highest BCUT2D eigenvalue weighted by Gasteiger charge is 2.16. The first-order valence-electron chi connectivity index (χ1n) is 5.20. The van der Waals surface area contributed by atoms with Gasteiger partial charge in [0.05, 0.1) is 27.6 Å². The molecule has 0 saturated carbocycles. The number of pyridine rings is 1. The quantitative estimate of drug-likeness (QED) is 0.543. The number of hydrogen-bond donors (Lipinski definition) is 0. The summed E-state index contributed by atoms with van der Waals surface area (Å²) in [5, 5.41) is 10.0. The smallest absolute Gasteiger partial charge is 0.137 e. The third kappa shape index (κ3) is 2.80. The predicted octanol–water partition coefficient (Wildman–Crippen LogP) is 5.43. The second-order valence-electron chi connectivity index (χ2n) is 3.69. The molecule has 0 spiro atoms. The summed E-state index contributed by atoms with van der Waals surface area (Å²) in [7, 11) is 0. The Balaban J connectivity index is 2.72. The van der Waals surface area contributed by atoms with E-state index in [0.717, 1.165) is 5.56 Å². The van der Waals surface area contributed by atoms with Gasteiger partial charge in [-0.05, 0) is 17.7 Å². The van der Waals surface area contributed by atoms with Crippen molar-refractivity contribution in [2.45, 2.75) is 6.42 Å². The third-order valence-electron chi connectivity index (χ3n) is 2.57. The molecule has 96 valence electrons. The molecule has 0 aliphatic rings. The van der Waals surface area contributed by atoms with Gasteiger partial charge in [-0.3, -0.25) is 0 Å². The molecule has 0 amide bonds. The van der Waals surface area contributed by atoms with Gasteiger partial charge in [0.15, 0.2) is 0 Å². The number of benzene rings is 1. The Morgan fingerprint density at radius 1 is 1.05 bits per heavy atom. The minimum Gasteiger partial charge on any atom is -0.244 e. The lowest BCUT2D eigenvalue weighted by atomic mass is 10.0. The van der Waals surface area contributed by atoms with Gasteiger partial charge in [0.2, 0.25) is 0 Å². The van der Waals surface area contributed by atoms with Crippen molar-refractivity contribution in [2.24, 2.45) is 0 Å². The molecule has 2 rings (SSSR count). The fourth-order valence-corrected chi connectivity index (χ4v) is 2.62. The third-order valence-corrected chi connectivity index (χ3v) is 4.15. The maximum Gasteiger partial charge on any atom is 0.137 e. The Morgan fingerprint density at radius 3 is 2.47 bits per heavy atom. The van der Waals surface area contributed by atoms with Crippen LogP contribution in [0.25, 0.3) is 11.1 Å². The Labute approximate surface area is 130 Å². The topological polar surface area (TPSA) is 36.7 Å². The maximum atomic E-state index is 8.86. The van der Waals surface area contributed by atoms with Gasteiger partial charge in [-0.25, -0.2) is 4.98 Å². The average Bonchev–Trinajstić information content (AvgIpc) is 2.38. The van der Waals surface area contributed by atoms with Crippen LogP contribution < -0.4 is 0 Å². The van der Waals surface area contributed by atoms with Crippen molar-refractivity contribution in [3.8, 4) is 17.2 Å². The minimum absolute atomic E-state index is 0.203. The SMILES string of the molecule is N#CCc1ccnc(Cl)c1-c1ccc(Cl)c(Cl)c1Cl. The van der Waals surface area contributed by atoms with E-state index in [-0.39, 0.29) is 16.6 Å². The molecule has 0 aliphatic carbocycles. The summed E-state index contributed by atoms with van der Waals surface area (Å²) in [6, 6.07) is 7.14. The van der Waals surface area contributed by atoms with Crippen molar-refractivity contribution in [3.05, 3.63) is 50.2 Å². The predicted molar refractivity (Wildman–Crippen MR) is 79.0 cm³/mol. The molecule has 1 heterocycles. The first-order valence-corrected chi connectivity index (χ1v) is 6.71. The number of halogens is 4. The van der Waals surface area contributed by atoms with Gasteiger partial charge in [-0.15, -0.1) is 0 Å². The number of hydrogen-bond acceptors (Lipinski definition) is 2. The van der Waals surface area contributed by atoms with E-state index in [9.17, 15) is 0 Å². The molecule has 2 aromatic rings. The molecule has 0 saturated heterocycles. The molecule has 0 fully saturated rings. The molecule has 2 nitrogen and oxygen atoms in total. The van der Waals surface area contributed by atoms with Crippen LogP contribution in [0.4, 0.5) is 0 Å². The van der Waals surface area contributed by atoms with E-state index in [2.05, 4.69) is 11.1 Å². The van der Waals surface area contributed by atoms with E-state index in [0.29, 0.717) is 21.2 Å². The normalized spacial score (nSPS) is 10.3. The lowest BCUT2D eigenvalue weighted by molar-refractivity contribution is 1.21. The van der Waals surface area contributed by atoms with Crippen molar-refractivity contribution < 1.29 is 0 Å². The van der Waals surface area contributed by atoms with Crippen LogP contribution >= 0.6 is 46.4 Å². The summed E-state index contributed by atoms with van der Waals surface area (Å²) in [6.45, 7) is 0. The highest BCUT2D eigenvalue weighted by molar-refractivity contribution is 6.49. The van der Waals surface area contributed by atoms with Gasteiger partial charge < -0.3 is 0 Å². The lowest BCUT2D eigenvalue weighted by Gasteiger charge is -2.12. The molecule has 0 aliphatic heterocycles. The maximum absolute atomic E-state index is 8.86. The average molecular weight is 332 g/mol. The Morgan fingerprint density at radius 2 is 1.79 bits per heavy atom. The van der Waals surface area contributed by atoms with Crippen molar-refractivity contribution in [1.82, 2.24) is 4.98 Å². The molecule has 0 N–H and O–H groups in total. The van der Waals surface area contributed by atoms with E-state index in [1.54, 1.807) is 24.4 Å². The summed E-state index contributed by atoms with van der Waals surface area (Å²) < 4.78 is 0. The van der Waals surface area contributed by atoms with Crippen LogP contribution in [0.15, 0.2) is 24.4 Å². The standard InChI is InChI=1S/C13H6Cl4N2/c14-9-2-1-8(11(15)12(9)16)10-7(3-5-18)4-6-19-13(10)17/h1-2,4,6H,3H2. The number of nitrogens with zero attached hydrogens (tertiary/aromatic N) is 2. The van der Waals surface area contributed by atoms with E-state index in [1.807, 2.05) is 0 Å². The van der Waals surface area contributed by atoms with Crippen LogP contribution in [0.2, 0.25) is 20.2 Å². The highest BCUT2D eigenvalue weighted by Crippen LogP contribution is 2.41. The van der Waals surface area contributed by atoms with Crippen LogP contribution in [0.5, 0.6) is 0 Å². The van der Waals surface area contributed by atoms with Crippen LogP contribution in [-0.2, 0) is 6.42 Å². The van der Waals surface area contributed by atoms with Crippen LogP contribution in [-0.4, -0.2) is 4.98 Å². The van der Waals surface area contributed by atoms with Gasteiger partial charge in [0.25, 0.3) is 0 Å². The lowest BCUT2D eigenvalue weighted by Crippen LogP contribution is -1.93. The van der Waals surface area contributed by atoms with Gasteiger partial charge in [-0.2, -0.15) is 5.26 Å². The Bertz CT molecular complexity index is 677. The number of aromatic nitrogens is 1. The summed E-state index contributed by atoms with van der Waals surface area (Å²) in [5.74, 6) is 0. The van der Waals surface area contributed by atoms with E-state index < -0.39 is 0 Å². The number of nitriles is 1. The van der Waals surface area contributed by atoms with Gasteiger partial charge >= 0.3 is 0 Å². The van der Waals surface area contributed by atoms with Gasteiger partial charge in [0, 0.05) is 17.3 Å². The molecule has 1 aromatic heterocycles. The molecule has 19 heavy (non-hydrogen) atoms. The molecular formula is C13H6Cl4N2. The number of rotatable bonds is 2. The van der Waals surface area contributed by atoms with E-state index >= 15 is 0 Å². The second kappa shape index (κ2) is 5.98. The first kappa shape index (κ1) is 14.4. The second-order valence-corrected chi connectivity index (χ2v) is 5.21. The molecule has 0 unspecified atom stereocenters. The van der Waals surface area contributed by atoms with Crippen molar-refractivity contribution in [2.75, 3.05) is 0 Å². The Kier molecular flexibility index (Phi) is 4.54. The van der Waals surface area contributed by atoms with Gasteiger partial charge in [0.1, 0.15) is 5.15 Å². The summed E-state index contributed by atoms with van der Waals surface area (Å²) in [4.78, 5) is 4.01. The zero-order chi connectivity index (χ0) is 14.0. The van der Waals surface area contributed by atoms with Crippen molar-refractivity contribution in [1.29, 1.82) is 5.26 Å². The largest absolute Gasteiger partial charge is 0.244 e. The first-order chi connectivity index (χ1) is 9.06. The van der Waals surface area contributed by atoms with E-state index in [4.69, 9.17) is 51.7 Å². The molecular weight excluding hydrogens is 326 g/mol. The van der Waals surface area contributed by atoms with Crippen LogP contribution in [0, 0.1) is 11.3 Å². The van der Waals surface area contributed by atoms with E-state index in [1.165, 1.54) is 0 Å². The summed E-state index contributed by atoms with van der Waals surface area (Å²) in [5.41, 5.74) is 1.96. The van der Waals surface area contributed by atoms with Crippen LogP contribution in [0.3, 0.4) is 0 Å². The Hall–Kier alpha value is -0.980. The molecule has 0 radical (unpaired) electrons. The summed E-state index contributed by atoms with van der Waals surface area (Å²) in [6.07, 6.45) is 1.75. The fourth-order valence-electron chi connectivity index (χ4n) is 1.71. The minimum atomic E-state index is 0.203. The monoisotopic (exact) mass is 330 g/mol. The zero-order valence-electron chi connectivity index (χ0n) is 9.42.